The van der Waals surface area contributed by atoms with Crippen molar-refractivity contribution >= 4 is 17.9 Å². The number of nitrogens with zero attached hydrogens (tertiary/aromatic N) is 3. The molecule has 7 fully saturated rings. The summed E-state index contributed by atoms with van der Waals surface area (Å²) in [6.45, 7) is 23.8. The number of methoxy groups -OCH3 is 1. The Balaban J connectivity index is 1.07. The van der Waals surface area contributed by atoms with Crippen molar-refractivity contribution in [2.75, 3.05) is 67.5 Å². The summed E-state index contributed by atoms with van der Waals surface area (Å²) in [6.07, 6.45) is 4.67. The molecule has 19 atom stereocenters. The first-order chi connectivity index (χ1) is 30.3. The maximum atomic E-state index is 15.3. The number of hydrogen-bond acceptors (Lipinski definition) is 11. The van der Waals surface area contributed by atoms with Gasteiger partial charge in [0, 0.05) is 51.3 Å². The van der Waals surface area contributed by atoms with Gasteiger partial charge in [-0.3, -0.25) is 9.59 Å². The Labute approximate surface area is 384 Å². The number of piperidine rings is 3. The van der Waals surface area contributed by atoms with E-state index in [1.807, 2.05) is 19.9 Å². The maximum absolute atomic E-state index is 15.3. The second kappa shape index (κ2) is 18.5. The van der Waals surface area contributed by atoms with E-state index in [0.29, 0.717) is 72.0 Å². The number of allylic oxidation sites excluding steroid dienone is 1. The number of likely N-dealkylation sites (tertiary alicyclic amines) is 3. The molecule has 1 aromatic carbocycles. The number of phenols is 1. The molecule has 7 aliphatic rings. The fourth-order valence-electron chi connectivity index (χ4n) is 15.4. The fourth-order valence-corrected chi connectivity index (χ4v) is 15.4. The molecule has 1 N–H and O–H groups in total. The second-order valence-corrected chi connectivity index (χ2v) is 23.1. The molecule has 0 radical (unpaired) electrons. The van der Waals surface area contributed by atoms with E-state index < -0.39 is 23.2 Å². The van der Waals surface area contributed by atoms with E-state index in [4.69, 9.17) is 18.9 Å². The summed E-state index contributed by atoms with van der Waals surface area (Å²) in [7, 11) is 8.07. The Kier molecular flexibility index (Phi) is 13.7. The summed E-state index contributed by atoms with van der Waals surface area (Å²) >= 11 is 0. The Morgan fingerprint density at radius 2 is 1.17 bits per heavy atom. The minimum absolute atomic E-state index is 0.00580. The van der Waals surface area contributed by atoms with E-state index >= 15 is 9.59 Å². The Morgan fingerprint density at radius 1 is 0.703 bits per heavy atom. The van der Waals surface area contributed by atoms with Gasteiger partial charge in [0.15, 0.2) is 11.5 Å². The third kappa shape index (κ3) is 8.65. The van der Waals surface area contributed by atoms with Crippen LogP contribution in [0.15, 0.2) is 29.8 Å². The number of carbonyl (C=O) groups excluding carboxylic acids is 3. The van der Waals surface area contributed by atoms with Gasteiger partial charge in [-0.1, -0.05) is 53.2 Å². The van der Waals surface area contributed by atoms with Crippen LogP contribution in [0.2, 0.25) is 0 Å². The number of benzene rings is 1. The van der Waals surface area contributed by atoms with E-state index in [9.17, 15) is 9.90 Å². The average molecular weight is 888 g/mol. The number of aromatic hydroxyl groups is 1. The van der Waals surface area contributed by atoms with Gasteiger partial charge in [0.2, 0.25) is 0 Å². The van der Waals surface area contributed by atoms with Crippen molar-refractivity contribution in [3.63, 3.8) is 0 Å². The molecule has 356 valence electrons. The van der Waals surface area contributed by atoms with Crippen molar-refractivity contribution in [1.82, 2.24) is 14.7 Å². The highest BCUT2D eigenvalue weighted by atomic mass is 16.6. The molecule has 1 aromatic rings. The lowest BCUT2D eigenvalue weighted by atomic mass is 9.44. The number of rotatable bonds is 11. The van der Waals surface area contributed by atoms with E-state index in [1.54, 1.807) is 18.2 Å². The Hall–Kier alpha value is -3.15. The number of carbonyl (C=O) groups is 3. The molecule has 19 unspecified atom stereocenters. The number of phenolic OH excluding ortho intramolecular Hbond substituents is 1. The minimum atomic E-state index is -1.10. The molecule has 3 heterocycles. The third-order valence-corrected chi connectivity index (χ3v) is 19.0. The van der Waals surface area contributed by atoms with Gasteiger partial charge in [0.25, 0.3) is 0 Å². The summed E-state index contributed by atoms with van der Waals surface area (Å²) < 4.78 is 25.3. The number of ether oxygens (including phenoxy) is 4. The van der Waals surface area contributed by atoms with Gasteiger partial charge >= 0.3 is 17.9 Å². The number of esters is 3. The minimum Gasteiger partial charge on any atom is -0.504 e. The summed E-state index contributed by atoms with van der Waals surface area (Å²) in [5, 5.41) is 10.7. The molecular formula is C53H81N3O8. The average Bonchev–Trinajstić information content (AvgIpc) is 3.83. The van der Waals surface area contributed by atoms with Gasteiger partial charge in [-0.25, -0.2) is 4.79 Å². The van der Waals surface area contributed by atoms with E-state index in [-0.39, 0.29) is 59.6 Å². The van der Waals surface area contributed by atoms with Crippen molar-refractivity contribution in [1.29, 1.82) is 0 Å². The van der Waals surface area contributed by atoms with Crippen LogP contribution >= 0.6 is 0 Å². The Bertz CT molecular complexity index is 1920. The van der Waals surface area contributed by atoms with Crippen LogP contribution in [0.5, 0.6) is 11.5 Å². The first-order valence-electron chi connectivity index (χ1n) is 25.0. The maximum Gasteiger partial charge on any atom is 0.330 e. The summed E-state index contributed by atoms with van der Waals surface area (Å²) in [5.74, 6) is 3.00. The molecule has 8 rings (SSSR count). The quantitative estimate of drug-likeness (QED) is 0.134. The first kappa shape index (κ1) is 47.3. The number of hydrogen-bond donors (Lipinski definition) is 1. The molecule has 4 aliphatic carbocycles. The van der Waals surface area contributed by atoms with Crippen LogP contribution in [0.3, 0.4) is 0 Å². The zero-order valence-corrected chi connectivity index (χ0v) is 41.1. The zero-order valence-electron chi connectivity index (χ0n) is 41.1. The van der Waals surface area contributed by atoms with Gasteiger partial charge in [0.05, 0.1) is 18.4 Å². The second-order valence-electron chi connectivity index (χ2n) is 23.1. The predicted molar refractivity (Wildman–Crippen MR) is 247 cm³/mol. The molecular weight excluding hydrogens is 807 g/mol. The molecule has 3 aliphatic heterocycles. The molecule has 0 aromatic heterocycles. The lowest BCUT2D eigenvalue weighted by Crippen LogP contribution is -2.61. The van der Waals surface area contributed by atoms with E-state index in [2.05, 4.69) is 77.4 Å². The molecule has 3 saturated heterocycles. The lowest BCUT2D eigenvalue weighted by Gasteiger charge is -2.57. The number of fused-ring (bicyclic) bond motifs is 3. The van der Waals surface area contributed by atoms with Gasteiger partial charge in [0.1, 0.15) is 18.3 Å². The van der Waals surface area contributed by atoms with Crippen molar-refractivity contribution in [3.8, 4) is 11.5 Å². The molecule has 64 heavy (non-hydrogen) atoms. The van der Waals surface area contributed by atoms with Crippen LogP contribution in [-0.2, 0) is 28.6 Å². The molecule has 0 bridgehead atoms. The highest BCUT2D eigenvalue weighted by Crippen LogP contribution is 2.65. The van der Waals surface area contributed by atoms with Crippen molar-refractivity contribution < 1.29 is 38.4 Å². The monoisotopic (exact) mass is 888 g/mol. The van der Waals surface area contributed by atoms with E-state index in [1.165, 1.54) is 7.11 Å². The molecule has 11 heteroatoms. The molecule has 11 nitrogen and oxygen atoms in total. The predicted octanol–water partition coefficient (Wildman–Crippen LogP) is 7.76. The highest BCUT2D eigenvalue weighted by molar-refractivity contribution is 5.87. The standard InChI is InChI=1S/C53H81N3O8/c1-28(17-48(58)62-44-19-36-29(2)22-54(9)25-39(36)32(44)5)13-15-42-49(51(59)63-45-20-37-30(3)23-55(10)26-40(37)33(45)6)50(35-14-16-43(57)47(18-35)61-12)53(42,8)52(60)64-46-21-38-31(4)24-56(11)27-41(38)34(46)7/h14,16-18,29-34,36-42,44-46,49-50,57H,13,15,19-27H2,1-12H3. The van der Waals surface area contributed by atoms with Crippen molar-refractivity contribution in [2.45, 2.75) is 112 Å². The van der Waals surface area contributed by atoms with Gasteiger partial charge in [-0.15, -0.1) is 0 Å². The van der Waals surface area contributed by atoms with Crippen molar-refractivity contribution in [3.05, 3.63) is 35.4 Å². The van der Waals surface area contributed by atoms with Crippen LogP contribution in [0.1, 0.15) is 99.0 Å². The molecule has 4 saturated carbocycles. The fraction of sp³-hybridized carbons (Fsp3) is 0.792. The van der Waals surface area contributed by atoms with Crippen LogP contribution in [0.25, 0.3) is 0 Å². The topological polar surface area (TPSA) is 118 Å². The van der Waals surface area contributed by atoms with Crippen LogP contribution in [0.4, 0.5) is 0 Å². The third-order valence-electron chi connectivity index (χ3n) is 19.0. The van der Waals surface area contributed by atoms with Crippen LogP contribution in [0, 0.1) is 88.3 Å². The van der Waals surface area contributed by atoms with Crippen LogP contribution < -0.4 is 4.74 Å². The lowest BCUT2D eigenvalue weighted by molar-refractivity contribution is -0.197. The van der Waals surface area contributed by atoms with Gasteiger partial charge in [-0.2, -0.15) is 0 Å². The zero-order chi connectivity index (χ0) is 46.1. The van der Waals surface area contributed by atoms with Gasteiger partial charge < -0.3 is 38.8 Å². The van der Waals surface area contributed by atoms with Crippen molar-refractivity contribution in [2.24, 2.45) is 88.3 Å². The summed E-state index contributed by atoms with van der Waals surface area (Å²) in [4.78, 5) is 51.2. The molecule has 0 spiro atoms. The summed E-state index contributed by atoms with van der Waals surface area (Å²) in [5.41, 5.74) is 0.493. The summed E-state index contributed by atoms with van der Waals surface area (Å²) in [6, 6.07) is 5.19. The van der Waals surface area contributed by atoms with E-state index in [0.717, 1.165) is 69.7 Å². The normalized spacial score (nSPS) is 43.7. The molecule has 0 amide bonds. The first-order valence-corrected chi connectivity index (χ1v) is 25.0. The largest absolute Gasteiger partial charge is 0.504 e. The highest BCUT2D eigenvalue weighted by Gasteiger charge is 2.68. The SMILES string of the molecule is COc1cc(C2C(C(=O)OC3CC4C(C)CN(C)CC4C3C)C(CCC(C)=CC(=O)OC3CC4C(C)CN(C)CC4C3C)C2(C)C(=O)OC2CC3C(C)CN(C)CC3C2C)ccc1O. The van der Waals surface area contributed by atoms with Gasteiger partial charge in [-0.05, 0) is 162 Å². The van der Waals surface area contributed by atoms with Crippen LogP contribution in [-0.4, -0.2) is 124 Å². The smallest absolute Gasteiger partial charge is 0.330 e. The Morgan fingerprint density at radius 3 is 1.66 bits per heavy atom.